The highest BCUT2D eigenvalue weighted by Crippen LogP contribution is 2.05. The van der Waals surface area contributed by atoms with Crippen LogP contribution in [-0.4, -0.2) is 48.4 Å². The van der Waals surface area contributed by atoms with Crippen molar-refractivity contribution in [3.05, 3.63) is 0 Å². The average Bonchev–Trinajstić information content (AvgIpc) is 2.33. The van der Waals surface area contributed by atoms with Crippen molar-refractivity contribution in [3.8, 4) is 0 Å². The van der Waals surface area contributed by atoms with E-state index in [2.05, 4.69) is 10.6 Å². The molecule has 2 N–H and O–H groups in total. The quantitative estimate of drug-likeness (QED) is 0.707. The standard InChI is InChI=1S/C13H27N3O2/c1-7-13(4,5)15-11(17)9-14-10(3)12(18)16(6)8-2/h10,14H,7-9H2,1-6H3,(H,15,17). The molecule has 0 fully saturated rings. The predicted octanol–water partition coefficient (Wildman–Crippen LogP) is 0.748. The van der Waals surface area contributed by atoms with Gasteiger partial charge in [-0.05, 0) is 34.1 Å². The molecular formula is C13H27N3O2. The smallest absolute Gasteiger partial charge is 0.239 e. The van der Waals surface area contributed by atoms with E-state index in [-0.39, 0.29) is 29.9 Å². The molecule has 1 atom stereocenters. The molecule has 0 spiro atoms. The summed E-state index contributed by atoms with van der Waals surface area (Å²) in [6, 6.07) is -0.342. The minimum absolute atomic E-state index is 0.0000479. The summed E-state index contributed by atoms with van der Waals surface area (Å²) < 4.78 is 0. The lowest BCUT2D eigenvalue weighted by Crippen LogP contribution is -2.50. The van der Waals surface area contributed by atoms with Crippen molar-refractivity contribution < 1.29 is 9.59 Å². The van der Waals surface area contributed by atoms with E-state index in [9.17, 15) is 9.59 Å². The molecule has 5 nitrogen and oxygen atoms in total. The van der Waals surface area contributed by atoms with E-state index in [1.54, 1.807) is 18.9 Å². The third-order valence-electron chi connectivity index (χ3n) is 3.15. The molecule has 2 amide bonds. The van der Waals surface area contributed by atoms with Crippen LogP contribution in [0.3, 0.4) is 0 Å². The zero-order valence-electron chi connectivity index (χ0n) is 12.5. The van der Waals surface area contributed by atoms with Gasteiger partial charge in [0.1, 0.15) is 0 Å². The van der Waals surface area contributed by atoms with E-state index in [1.165, 1.54) is 0 Å². The van der Waals surface area contributed by atoms with Crippen LogP contribution in [0.25, 0.3) is 0 Å². The van der Waals surface area contributed by atoms with Gasteiger partial charge in [-0.25, -0.2) is 0 Å². The maximum Gasteiger partial charge on any atom is 0.239 e. The van der Waals surface area contributed by atoms with Crippen molar-refractivity contribution in [3.63, 3.8) is 0 Å². The van der Waals surface area contributed by atoms with Crippen molar-refractivity contribution in [1.82, 2.24) is 15.5 Å². The second kappa shape index (κ2) is 7.36. The minimum Gasteiger partial charge on any atom is -0.350 e. The number of hydrogen-bond donors (Lipinski definition) is 2. The molecule has 0 aromatic carbocycles. The third-order valence-corrected chi connectivity index (χ3v) is 3.15. The van der Waals surface area contributed by atoms with Gasteiger partial charge in [0, 0.05) is 19.1 Å². The zero-order valence-corrected chi connectivity index (χ0v) is 12.5. The van der Waals surface area contributed by atoms with Crippen molar-refractivity contribution in [1.29, 1.82) is 0 Å². The van der Waals surface area contributed by atoms with Gasteiger partial charge in [0.25, 0.3) is 0 Å². The largest absolute Gasteiger partial charge is 0.350 e. The molecule has 0 aliphatic carbocycles. The second-order valence-corrected chi connectivity index (χ2v) is 5.24. The van der Waals surface area contributed by atoms with Crippen molar-refractivity contribution >= 4 is 11.8 Å². The molecule has 1 unspecified atom stereocenters. The molecular weight excluding hydrogens is 230 g/mol. The van der Waals surface area contributed by atoms with E-state index < -0.39 is 0 Å². The number of rotatable bonds is 7. The van der Waals surface area contributed by atoms with Crippen LogP contribution in [-0.2, 0) is 9.59 Å². The summed E-state index contributed by atoms with van der Waals surface area (Å²) >= 11 is 0. The van der Waals surface area contributed by atoms with Gasteiger partial charge >= 0.3 is 0 Å². The first kappa shape index (κ1) is 16.9. The van der Waals surface area contributed by atoms with E-state index in [4.69, 9.17) is 0 Å². The zero-order chi connectivity index (χ0) is 14.3. The van der Waals surface area contributed by atoms with Gasteiger partial charge < -0.3 is 10.2 Å². The number of likely N-dealkylation sites (N-methyl/N-ethyl adjacent to an activating group) is 1. The molecule has 0 aliphatic rings. The summed E-state index contributed by atoms with van der Waals surface area (Å²) in [5.74, 6) is -0.0827. The molecule has 18 heavy (non-hydrogen) atoms. The highest BCUT2D eigenvalue weighted by Gasteiger charge is 2.20. The molecule has 0 saturated heterocycles. The first-order chi connectivity index (χ1) is 8.23. The van der Waals surface area contributed by atoms with Crippen LogP contribution in [0.5, 0.6) is 0 Å². The van der Waals surface area contributed by atoms with Gasteiger partial charge in [0.15, 0.2) is 0 Å². The molecule has 0 rings (SSSR count). The Kier molecular flexibility index (Phi) is 6.91. The van der Waals surface area contributed by atoms with E-state index >= 15 is 0 Å². The van der Waals surface area contributed by atoms with E-state index in [1.807, 2.05) is 27.7 Å². The number of hydrogen-bond acceptors (Lipinski definition) is 3. The minimum atomic E-state index is -0.342. The summed E-state index contributed by atoms with van der Waals surface area (Å²) in [5, 5.41) is 5.86. The fraction of sp³-hybridized carbons (Fsp3) is 0.846. The van der Waals surface area contributed by atoms with Gasteiger partial charge in [0.05, 0.1) is 12.6 Å². The maximum absolute atomic E-state index is 11.8. The lowest BCUT2D eigenvalue weighted by Gasteiger charge is -2.25. The Bertz CT molecular complexity index is 290. The fourth-order valence-corrected chi connectivity index (χ4v) is 1.33. The Balaban J connectivity index is 4.10. The Morgan fingerprint density at radius 3 is 2.28 bits per heavy atom. The van der Waals surface area contributed by atoms with Gasteiger partial charge in [-0.2, -0.15) is 0 Å². The number of carbonyl (C=O) groups is 2. The summed E-state index contributed by atoms with van der Waals surface area (Å²) in [4.78, 5) is 25.1. The molecule has 0 bridgehead atoms. The van der Waals surface area contributed by atoms with Crippen LogP contribution < -0.4 is 10.6 Å². The molecule has 0 saturated carbocycles. The number of amides is 2. The lowest BCUT2D eigenvalue weighted by molar-refractivity contribution is -0.131. The van der Waals surface area contributed by atoms with Crippen LogP contribution in [0.2, 0.25) is 0 Å². The summed E-state index contributed by atoms with van der Waals surface area (Å²) in [5.41, 5.74) is -0.202. The Morgan fingerprint density at radius 2 is 1.83 bits per heavy atom. The first-order valence-electron chi connectivity index (χ1n) is 6.52. The van der Waals surface area contributed by atoms with Gasteiger partial charge in [-0.3, -0.25) is 14.9 Å². The SMILES string of the molecule is CCN(C)C(=O)C(C)NCC(=O)NC(C)(C)CC. The molecule has 0 radical (unpaired) electrons. The van der Waals surface area contributed by atoms with Crippen molar-refractivity contribution in [2.45, 2.75) is 52.6 Å². The first-order valence-corrected chi connectivity index (χ1v) is 6.52. The van der Waals surface area contributed by atoms with E-state index in [0.29, 0.717) is 6.54 Å². The summed E-state index contributed by atoms with van der Waals surface area (Å²) in [7, 11) is 1.75. The molecule has 0 aromatic rings. The topological polar surface area (TPSA) is 61.4 Å². The van der Waals surface area contributed by atoms with Crippen molar-refractivity contribution in [2.24, 2.45) is 0 Å². The van der Waals surface area contributed by atoms with Crippen LogP contribution in [0.1, 0.15) is 41.0 Å². The van der Waals surface area contributed by atoms with Gasteiger partial charge in [-0.1, -0.05) is 6.92 Å². The van der Waals surface area contributed by atoms with Gasteiger partial charge in [0.2, 0.25) is 11.8 Å². The van der Waals surface area contributed by atoms with Crippen molar-refractivity contribution in [2.75, 3.05) is 20.1 Å². The molecule has 0 heterocycles. The Hall–Kier alpha value is -1.10. The predicted molar refractivity (Wildman–Crippen MR) is 73.3 cm³/mol. The highest BCUT2D eigenvalue weighted by atomic mass is 16.2. The summed E-state index contributed by atoms with van der Waals surface area (Å²) in [6.07, 6.45) is 0.867. The van der Waals surface area contributed by atoms with Crippen LogP contribution in [0, 0.1) is 0 Å². The van der Waals surface area contributed by atoms with Crippen LogP contribution >= 0.6 is 0 Å². The summed E-state index contributed by atoms with van der Waals surface area (Å²) in [6.45, 7) is 10.5. The Morgan fingerprint density at radius 1 is 1.28 bits per heavy atom. The molecule has 5 heteroatoms. The molecule has 106 valence electrons. The monoisotopic (exact) mass is 257 g/mol. The molecule has 0 aromatic heterocycles. The third kappa shape index (κ3) is 6.00. The number of carbonyl (C=O) groups excluding carboxylic acids is 2. The van der Waals surface area contributed by atoms with E-state index in [0.717, 1.165) is 6.42 Å². The highest BCUT2D eigenvalue weighted by molar-refractivity contribution is 5.83. The lowest BCUT2D eigenvalue weighted by atomic mass is 10.0. The van der Waals surface area contributed by atoms with Crippen LogP contribution in [0.4, 0.5) is 0 Å². The normalized spacial score (nSPS) is 13.0. The molecule has 0 aliphatic heterocycles. The average molecular weight is 257 g/mol. The fourth-order valence-electron chi connectivity index (χ4n) is 1.33. The Labute approximate surface area is 110 Å². The van der Waals surface area contributed by atoms with Gasteiger partial charge in [-0.15, -0.1) is 0 Å². The van der Waals surface area contributed by atoms with Crippen LogP contribution in [0.15, 0.2) is 0 Å². The maximum atomic E-state index is 11.8. The number of nitrogens with one attached hydrogen (secondary N) is 2. The number of nitrogens with zero attached hydrogens (tertiary/aromatic N) is 1. The second-order valence-electron chi connectivity index (χ2n) is 5.24.